The SMILES string of the molecule is C=CCNC(=O)Nc1ccc(NC(=O)CCc2nc(-c3cccs3)no2)cc1. The average Bonchev–Trinajstić information content (AvgIpc) is 3.38. The number of hydrogen-bond acceptors (Lipinski definition) is 6. The molecule has 0 aliphatic heterocycles. The van der Waals surface area contributed by atoms with Gasteiger partial charge in [0.2, 0.25) is 17.6 Å². The summed E-state index contributed by atoms with van der Waals surface area (Å²) in [6.45, 7) is 3.91. The van der Waals surface area contributed by atoms with Crippen molar-refractivity contribution in [2.75, 3.05) is 17.2 Å². The molecule has 0 bridgehead atoms. The summed E-state index contributed by atoms with van der Waals surface area (Å²) in [4.78, 5) is 28.9. The van der Waals surface area contributed by atoms with Gasteiger partial charge in [0, 0.05) is 30.8 Å². The highest BCUT2D eigenvalue weighted by atomic mass is 32.1. The normalized spacial score (nSPS) is 10.3. The summed E-state index contributed by atoms with van der Waals surface area (Å²) >= 11 is 1.53. The summed E-state index contributed by atoms with van der Waals surface area (Å²) in [6, 6.07) is 10.3. The lowest BCUT2D eigenvalue weighted by atomic mass is 10.2. The molecule has 0 radical (unpaired) electrons. The number of nitrogens with one attached hydrogen (secondary N) is 3. The van der Waals surface area contributed by atoms with Crippen molar-refractivity contribution in [1.82, 2.24) is 15.5 Å². The topological polar surface area (TPSA) is 109 Å². The lowest BCUT2D eigenvalue weighted by Crippen LogP contribution is -2.28. The van der Waals surface area contributed by atoms with Gasteiger partial charge in [-0.15, -0.1) is 17.9 Å². The number of benzene rings is 1. The van der Waals surface area contributed by atoms with Crippen LogP contribution in [0.5, 0.6) is 0 Å². The maximum atomic E-state index is 12.1. The Balaban J connectivity index is 1.46. The van der Waals surface area contributed by atoms with Crippen LogP contribution >= 0.6 is 11.3 Å². The molecule has 0 aliphatic rings. The maximum absolute atomic E-state index is 12.1. The average molecular weight is 397 g/mol. The zero-order chi connectivity index (χ0) is 19.8. The van der Waals surface area contributed by atoms with Gasteiger partial charge in [-0.1, -0.05) is 17.3 Å². The number of carbonyl (C=O) groups excluding carboxylic acids is 2. The highest BCUT2D eigenvalue weighted by Gasteiger charge is 2.11. The Morgan fingerprint density at radius 2 is 1.89 bits per heavy atom. The standard InChI is InChI=1S/C19H19N5O3S/c1-2-11-20-19(26)22-14-7-5-13(6-8-14)21-16(25)9-10-17-23-18(24-27-17)15-4-3-12-28-15/h2-8,12H,1,9-11H2,(H,21,25)(H2,20,22,26). The summed E-state index contributed by atoms with van der Waals surface area (Å²) in [5.74, 6) is 0.787. The molecule has 0 unspecified atom stereocenters. The number of urea groups is 1. The van der Waals surface area contributed by atoms with Crippen LogP contribution in [0.3, 0.4) is 0 Å². The van der Waals surface area contributed by atoms with E-state index in [2.05, 4.69) is 32.7 Å². The van der Waals surface area contributed by atoms with E-state index in [0.717, 1.165) is 4.88 Å². The molecule has 3 aromatic rings. The van der Waals surface area contributed by atoms with Gasteiger partial charge in [-0.05, 0) is 35.7 Å². The Morgan fingerprint density at radius 3 is 2.57 bits per heavy atom. The number of nitrogens with zero attached hydrogens (tertiary/aromatic N) is 2. The Kier molecular flexibility index (Phi) is 6.53. The highest BCUT2D eigenvalue weighted by Crippen LogP contribution is 2.21. The molecule has 0 saturated carbocycles. The number of rotatable bonds is 8. The molecule has 3 amide bonds. The van der Waals surface area contributed by atoms with E-state index in [9.17, 15) is 9.59 Å². The number of anilines is 2. The Bertz CT molecular complexity index is 935. The molecule has 3 rings (SSSR count). The number of amides is 3. The minimum Gasteiger partial charge on any atom is -0.339 e. The fraction of sp³-hybridized carbons (Fsp3) is 0.158. The Hall–Kier alpha value is -3.46. The van der Waals surface area contributed by atoms with Gasteiger partial charge in [-0.2, -0.15) is 4.98 Å². The van der Waals surface area contributed by atoms with E-state index in [1.54, 1.807) is 30.3 Å². The zero-order valence-corrected chi connectivity index (χ0v) is 15.8. The van der Waals surface area contributed by atoms with Crippen LogP contribution in [0.2, 0.25) is 0 Å². The first kappa shape index (κ1) is 19.3. The molecular formula is C19H19N5O3S. The van der Waals surface area contributed by atoms with E-state index in [4.69, 9.17) is 4.52 Å². The number of thiophene rings is 1. The van der Waals surface area contributed by atoms with Gasteiger partial charge >= 0.3 is 6.03 Å². The van der Waals surface area contributed by atoms with Gasteiger partial charge in [0.15, 0.2) is 0 Å². The molecule has 1 aromatic carbocycles. The van der Waals surface area contributed by atoms with E-state index < -0.39 is 0 Å². The molecule has 3 N–H and O–H groups in total. The first-order chi connectivity index (χ1) is 13.6. The van der Waals surface area contributed by atoms with Gasteiger partial charge < -0.3 is 20.5 Å². The fourth-order valence-corrected chi connectivity index (χ4v) is 2.93. The van der Waals surface area contributed by atoms with Gasteiger partial charge in [0.25, 0.3) is 0 Å². The summed E-state index contributed by atoms with van der Waals surface area (Å²) in [5, 5.41) is 13.9. The molecule has 9 heteroatoms. The third-order valence-electron chi connectivity index (χ3n) is 3.61. The minimum atomic E-state index is -0.321. The van der Waals surface area contributed by atoms with Crippen molar-refractivity contribution in [3.05, 3.63) is 60.3 Å². The molecule has 0 atom stereocenters. The van der Waals surface area contributed by atoms with Gasteiger partial charge in [0.1, 0.15) is 0 Å². The first-order valence-corrected chi connectivity index (χ1v) is 9.44. The fourth-order valence-electron chi connectivity index (χ4n) is 2.28. The molecule has 2 aromatic heterocycles. The maximum Gasteiger partial charge on any atom is 0.319 e. The van der Waals surface area contributed by atoms with Crippen LogP contribution in [0, 0.1) is 0 Å². The van der Waals surface area contributed by atoms with Gasteiger partial charge in [0.05, 0.1) is 4.88 Å². The van der Waals surface area contributed by atoms with E-state index in [-0.39, 0.29) is 18.4 Å². The van der Waals surface area contributed by atoms with E-state index in [1.165, 1.54) is 11.3 Å². The van der Waals surface area contributed by atoms with E-state index in [1.807, 2.05) is 17.5 Å². The van der Waals surface area contributed by atoms with Crippen LogP contribution in [0.1, 0.15) is 12.3 Å². The second-order valence-corrected chi connectivity index (χ2v) is 6.69. The van der Waals surface area contributed by atoms with Crippen molar-refractivity contribution in [1.29, 1.82) is 0 Å². The van der Waals surface area contributed by atoms with Crippen LogP contribution in [-0.2, 0) is 11.2 Å². The van der Waals surface area contributed by atoms with Gasteiger partial charge in [-0.3, -0.25) is 4.79 Å². The number of carbonyl (C=O) groups is 2. The predicted octanol–water partition coefficient (Wildman–Crippen LogP) is 3.68. The van der Waals surface area contributed by atoms with Crippen LogP contribution < -0.4 is 16.0 Å². The van der Waals surface area contributed by atoms with Crippen molar-refractivity contribution in [3.8, 4) is 10.7 Å². The van der Waals surface area contributed by atoms with Crippen molar-refractivity contribution in [2.45, 2.75) is 12.8 Å². The third-order valence-corrected chi connectivity index (χ3v) is 4.47. The summed E-state index contributed by atoms with van der Waals surface area (Å²) in [7, 11) is 0. The molecule has 144 valence electrons. The zero-order valence-electron chi connectivity index (χ0n) is 15.0. The highest BCUT2D eigenvalue weighted by molar-refractivity contribution is 7.13. The van der Waals surface area contributed by atoms with E-state index in [0.29, 0.717) is 36.1 Å². The lowest BCUT2D eigenvalue weighted by molar-refractivity contribution is -0.116. The molecule has 0 aliphatic carbocycles. The van der Waals surface area contributed by atoms with Crippen molar-refractivity contribution in [3.63, 3.8) is 0 Å². The minimum absolute atomic E-state index is 0.166. The molecule has 0 fully saturated rings. The molecule has 0 spiro atoms. The summed E-state index contributed by atoms with van der Waals surface area (Å²) < 4.78 is 5.18. The molecule has 2 heterocycles. The number of hydrogen-bond donors (Lipinski definition) is 3. The van der Waals surface area contributed by atoms with Crippen molar-refractivity contribution < 1.29 is 14.1 Å². The van der Waals surface area contributed by atoms with Crippen LogP contribution in [0.4, 0.5) is 16.2 Å². The molecular weight excluding hydrogens is 378 g/mol. The summed E-state index contributed by atoms with van der Waals surface area (Å²) in [6.07, 6.45) is 2.17. The second kappa shape index (κ2) is 9.47. The van der Waals surface area contributed by atoms with Gasteiger partial charge in [-0.25, -0.2) is 4.79 Å². The van der Waals surface area contributed by atoms with Crippen LogP contribution in [0.25, 0.3) is 10.7 Å². The van der Waals surface area contributed by atoms with Crippen molar-refractivity contribution >= 4 is 34.6 Å². The monoisotopic (exact) mass is 397 g/mol. The van der Waals surface area contributed by atoms with Crippen LogP contribution in [0.15, 0.2) is 59.0 Å². The number of aromatic nitrogens is 2. The third kappa shape index (κ3) is 5.52. The molecule has 8 nitrogen and oxygen atoms in total. The first-order valence-electron chi connectivity index (χ1n) is 8.56. The molecule has 28 heavy (non-hydrogen) atoms. The molecule has 0 saturated heterocycles. The van der Waals surface area contributed by atoms with E-state index >= 15 is 0 Å². The Morgan fingerprint density at radius 1 is 1.14 bits per heavy atom. The quantitative estimate of drug-likeness (QED) is 0.503. The number of aryl methyl sites for hydroxylation is 1. The van der Waals surface area contributed by atoms with Crippen molar-refractivity contribution in [2.24, 2.45) is 0 Å². The largest absolute Gasteiger partial charge is 0.339 e. The lowest BCUT2D eigenvalue weighted by Gasteiger charge is -2.08. The second-order valence-electron chi connectivity index (χ2n) is 5.74. The smallest absolute Gasteiger partial charge is 0.319 e. The summed E-state index contributed by atoms with van der Waals surface area (Å²) in [5.41, 5.74) is 1.25. The Labute approximate surface area is 165 Å². The van der Waals surface area contributed by atoms with Crippen LogP contribution in [-0.4, -0.2) is 28.6 Å². The predicted molar refractivity (Wildman–Crippen MR) is 108 cm³/mol.